The fourth-order valence-corrected chi connectivity index (χ4v) is 2.84. The van der Waals surface area contributed by atoms with Crippen LogP contribution in [-0.4, -0.2) is 37.3 Å². The van der Waals surface area contributed by atoms with Gasteiger partial charge in [0.05, 0.1) is 6.61 Å². The zero-order chi connectivity index (χ0) is 13.8. The van der Waals surface area contributed by atoms with Crippen molar-refractivity contribution in [3.8, 4) is 5.75 Å². The molecule has 110 valence electrons. The molecule has 4 heteroatoms. The Morgan fingerprint density at radius 3 is 2.80 bits per heavy atom. The quantitative estimate of drug-likeness (QED) is 0.865. The first kappa shape index (κ1) is 13.7. The van der Waals surface area contributed by atoms with Crippen LogP contribution in [0, 0.1) is 5.92 Å². The third-order valence-electron chi connectivity index (χ3n) is 4.24. The molecule has 1 aliphatic heterocycles. The van der Waals surface area contributed by atoms with E-state index in [9.17, 15) is 0 Å². The summed E-state index contributed by atoms with van der Waals surface area (Å²) < 4.78 is 5.68. The molecule has 4 nitrogen and oxygen atoms in total. The Morgan fingerprint density at radius 1 is 1.30 bits per heavy atom. The average molecular weight is 275 g/mol. The molecule has 1 N–H and O–H groups in total. The van der Waals surface area contributed by atoms with Gasteiger partial charge in [-0.3, -0.25) is 0 Å². The molecule has 1 aromatic heterocycles. The molecule has 1 aliphatic carbocycles. The van der Waals surface area contributed by atoms with E-state index in [2.05, 4.69) is 15.2 Å². The van der Waals surface area contributed by atoms with E-state index >= 15 is 0 Å². The van der Waals surface area contributed by atoms with Crippen molar-refractivity contribution >= 4 is 5.82 Å². The summed E-state index contributed by atoms with van der Waals surface area (Å²) in [4.78, 5) is 6.87. The van der Waals surface area contributed by atoms with Crippen LogP contribution in [-0.2, 0) is 0 Å². The van der Waals surface area contributed by atoms with Crippen molar-refractivity contribution < 1.29 is 4.74 Å². The molecule has 0 bridgehead atoms. The molecule has 0 radical (unpaired) electrons. The standard InChI is InChI=1S/C16H25N3O/c1-2-20-15-4-3-9-17-16(15)19-10-7-14(8-11-19)18-12-13-5-6-13/h3-4,9,13-14,18H,2,5-8,10-12H2,1H3. The predicted octanol–water partition coefficient (Wildman–Crippen LogP) is 2.45. The van der Waals surface area contributed by atoms with E-state index in [0.717, 1.165) is 30.6 Å². The highest BCUT2D eigenvalue weighted by Crippen LogP contribution is 2.29. The van der Waals surface area contributed by atoms with Crippen molar-refractivity contribution in [3.63, 3.8) is 0 Å². The highest BCUT2D eigenvalue weighted by molar-refractivity contribution is 5.52. The van der Waals surface area contributed by atoms with E-state index in [4.69, 9.17) is 4.74 Å². The van der Waals surface area contributed by atoms with Crippen LogP contribution in [0.1, 0.15) is 32.6 Å². The fraction of sp³-hybridized carbons (Fsp3) is 0.688. The molecule has 1 saturated heterocycles. The van der Waals surface area contributed by atoms with Gasteiger partial charge in [0.1, 0.15) is 0 Å². The van der Waals surface area contributed by atoms with Gasteiger partial charge in [-0.1, -0.05) is 0 Å². The van der Waals surface area contributed by atoms with E-state index in [1.807, 2.05) is 25.3 Å². The van der Waals surface area contributed by atoms with Crippen LogP contribution in [0.5, 0.6) is 5.75 Å². The smallest absolute Gasteiger partial charge is 0.171 e. The number of nitrogens with zero attached hydrogens (tertiary/aromatic N) is 2. The van der Waals surface area contributed by atoms with E-state index in [1.54, 1.807) is 0 Å². The SMILES string of the molecule is CCOc1cccnc1N1CCC(NCC2CC2)CC1. The van der Waals surface area contributed by atoms with Crippen LogP contribution in [0.2, 0.25) is 0 Å². The minimum atomic E-state index is 0.686. The third kappa shape index (κ3) is 3.42. The van der Waals surface area contributed by atoms with Crippen molar-refractivity contribution in [1.82, 2.24) is 10.3 Å². The maximum Gasteiger partial charge on any atom is 0.171 e. The summed E-state index contributed by atoms with van der Waals surface area (Å²) in [6.07, 6.45) is 7.12. The van der Waals surface area contributed by atoms with Gasteiger partial charge >= 0.3 is 0 Å². The molecule has 0 atom stereocenters. The molecule has 20 heavy (non-hydrogen) atoms. The highest BCUT2D eigenvalue weighted by atomic mass is 16.5. The lowest BCUT2D eigenvalue weighted by Gasteiger charge is -2.34. The Morgan fingerprint density at radius 2 is 2.10 bits per heavy atom. The molecule has 2 fully saturated rings. The van der Waals surface area contributed by atoms with Crippen molar-refractivity contribution in [2.45, 2.75) is 38.6 Å². The summed E-state index contributed by atoms with van der Waals surface area (Å²) in [5, 5.41) is 3.72. The van der Waals surface area contributed by atoms with Gasteiger partial charge in [-0.05, 0) is 57.2 Å². The molecule has 2 heterocycles. The second-order valence-corrected chi connectivity index (χ2v) is 5.87. The number of hydrogen-bond acceptors (Lipinski definition) is 4. The monoisotopic (exact) mass is 275 g/mol. The molecule has 1 saturated carbocycles. The topological polar surface area (TPSA) is 37.4 Å². The normalized spacial score (nSPS) is 20.1. The van der Waals surface area contributed by atoms with E-state index in [-0.39, 0.29) is 0 Å². The lowest BCUT2D eigenvalue weighted by atomic mass is 10.0. The zero-order valence-electron chi connectivity index (χ0n) is 12.3. The number of aromatic nitrogens is 1. The summed E-state index contributed by atoms with van der Waals surface area (Å²) in [5.74, 6) is 2.89. The van der Waals surface area contributed by atoms with Crippen LogP contribution in [0.4, 0.5) is 5.82 Å². The minimum Gasteiger partial charge on any atom is -0.490 e. The lowest BCUT2D eigenvalue weighted by Crippen LogP contribution is -2.43. The predicted molar refractivity (Wildman–Crippen MR) is 81.4 cm³/mol. The Bertz CT molecular complexity index is 425. The van der Waals surface area contributed by atoms with Gasteiger partial charge in [0, 0.05) is 25.3 Å². The number of piperidine rings is 1. The van der Waals surface area contributed by atoms with Gasteiger partial charge < -0.3 is 15.0 Å². The number of hydrogen-bond donors (Lipinski definition) is 1. The maximum absolute atomic E-state index is 5.68. The lowest BCUT2D eigenvalue weighted by molar-refractivity contribution is 0.336. The number of rotatable bonds is 6. The Kier molecular flexibility index (Phi) is 4.41. The first-order valence-corrected chi connectivity index (χ1v) is 7.93. The zero-order valence-corrected chi connectivity index (χ0v) is 12.3. The van der Waals surface area contributed by atoms with Crippen molar-refractivity contribution in [3.05, 3.63) is 18.3 Å². The third-order valence-corrected chi connectivity index (χ3v) is 4.24. The van der Waals surface area contributed by atoms with E-state index < -0.39 is 0 Å². The molecule has 2 aliphatic rings. The maximum atomic E-state index is 5.68. The number of pyridine rings is 1. The number of ether oxygens (including phenoxy) is 1. The molecule has 0 aromatic carbocycles. The van der Waals surface area contributed by atoms with Crippen LogP contribution in [0.3, 0.4) is 0 Å². The second-order valence-electron chi connectivity index (χ2n) is 5.87. The van der Waals surface area contributed by atoms with Gasteiger partial charge in [0.15, 0.2) is 11.6 Å². The summed E-state index contributed by atoms with van der Waals surface area (Å²) in [6.45, 7) is 6.07. The first-order chi connectivity index (χ1) is 9.86. The summed E-state index contributed by atoms with van der Waals surface area (Å²) >= 11 is 0. The van der Waals surface area contributed by atoms with Gasteiger partial charge in [0.2, 0.25) is 0 Å². The summed E-state index contributed by atoms with van der Waals surface area (Å²) in [7, 11) is 0. The van der Waals surface area contributed by atoms with Crippen LogP contribution >= 0.6 is 0 Å². The molecular formula is C16H25N3O. The highest BCUT2D eigenvalue weighted by Gasteiger charge is 2.25. The molecule has 0 amide bonds. The van der Waals surface area contributed by atoms with Crippen molar-refractivity contribution in [1.29, 1.82) is 0 Å². The largest absolute Gasteiger partial charge is 0.490 e. The van der Waals surface area contributed by atoms with Gasteiger partial charge in [-0.25, -0.2) is 4.98 Å². The second kappa shape index (κ2) is 6.44. The average Bonchev–Trinajstić information content (AvgIpc) is 3.31. The van der Waals surface area contributed by atoms with Crippen LogP contribution in [0.25, 0.3) is 0 Å². The Labute approximate surface area is 121 Å². The Hall–Kier alpha value is -1.29. The molecule has 0 spiro atoms. The number of anilines is 1. The summed E-state index contributed by atoms with van der Waals surface area (Å²) in [5.41, 5.74) is 0. The molecule has 0 unspecified atom stereocenters. The van der Waals surface area contributed by atoms with E-state index in [1.165, 1.54) is 32.2 Å². The van der Waals surface area contributed by atoms with Gasteiger partial charge in [0.25, 0.3) is 0 Å². The molecule has 3 rings (SSSR count). The summed E-state index contributed by atoms with van der Waals surface area (Å²) in [6, 6.07) is 4.65. The van der Waals surface area contributed by atoms with Crippen molar-refractivity contribution in [2.75, 3.05) is 31.1 Å². The molecule has 1 aromatic rings. The van der Waals surface area contributed by atoms with Crippen LogP contribution in [0.15, 0.2) is 18.3 Å². The number of nitrogens with one attached hydrogen (secondary N) is 1. The van der Waals surface area contributed by atoms with Gasteiger partial charge in [-0.2, -0.15) is 0 Å². The van der Waals surface area contributed by atoms with E-state index in [0.29, 0.717) is 12.6 Å². The first-order valence-electron chi connectivity index (χ1n) is 7.93. The Balaban J connectivity index is 1.54. The van der Waals surface area contributed by atoms with Crippen molar-refractivity contribution in [2.24, 2.45) is 5.92 Å². The van der Waals surface area contributed by atoms with Gasteiger partial charge in [-0.15, -0.1) is 0 Å². The van der Waals surface area contributed by atoms with Crippen LogP contribution < -0.4 is 15.0 Å². The minimum absolute atomic E-state index is 0.686. The fourth-order valence-electron chi connectivity index (χ4n) is 2.84. The molecular weight excluding hydrogens is 250 g/mol.